The van der Waals surface area contributed by atoms with Crippen molar-refractivity contribution in [2.75, 3.05) is 5.75 Å². The van der Waals surface area contributed by atoms with E-state index in [9.17, 15) is 27.6 Å². The average molecular weight is 354 g/mol. The quantitative estimate of drug-likeness (QED) is 0.668. The number of sulfone groups is 1. The van der Waals surface area contributed by atoms with E-state index in [2.05, 4.69) is 0 Å². The van der Waals surface area contributed by atoms with E-state index in [0.717, 1.165) is 12.1 Å². The highest BCUT2D eigenvalue weighted by atomic mass is 32.3. The Kier molecular flexibility index (Phi) is 3.68. The molecule has 1 aliphatic heterocycles. The fourth-order valence-electron chi connectivity index (χ4n) is 2.59. The van der Waals surface area contributed by atoms with Crippen LogP contribution in [0.15, 0.2) is 58.3 Å². The van der Waals surface area contributed by atoms with Gasteiger partial charge in [-0.15, -0.1) is 0 Å². The lowest BCUT2D eigenvalue weighted by Crippen LogP contribution is -2.15. The van der Waals surface area contributed by atoms with Crippen molar-refractivity contribution >= 4 is 26.1 Å². The van der Waals surface area contributed by atoms with Crippen LogP contribution in [0.25, 0.3) is 0 Å². The summed E-state index contributed by atoms with van der Waals surface area (Å²) in [7, 11) is -7.50. The molecule has 9 heteroatoms. The van der Waals surface area contributed by atoms with Crippen LogP contribution in [-0.4, -0.2) is 28.2 Å². The molecule has 2 atom stereocenters. The van der Waals surface area contributed by atoms with E-state index in [0.29, 0.717) is 0 Å². The Bertz CT molecular complexity index is 879. The number of non-ortho nitro benzene ring substituents is 1. The number of fused-ring (bicyclic) bond motifs is 1. The molecule has 0 saturated heterocycles. The topological polar surface area (TPSA) is 121 Å². The summed E-state index contributed by atoms with van der Waals surface area (Å²) < 4.78 is 47.9. The zero-order valence-corrected chi connectivity index (χ0v) is 13.3. The summed E-state index contributed by atoms with van der Waals surface area (Å²) >= 11 is 0. The second kappa shape index (κ2) is 5.31. The molecule has 1 aliphatic rings. The first kappa shape index (κ1) is 15.9. The molecule has 1 heterocycles. The molecule has 0 radical (unpaired) electrons. The zero-order valence-electron chi connectivity index (χ0n) is 11.7. The summed E-state index contributed by atoms with van der Waals surface area (Å²) in [4.78, 5) is 10.0. The van der Waals surface area contributed by atoms with E-state index in [-0.39, 0.29) is 21.0 Å². The van der Waals surface area contributed by atoms with Gasteiger partial charge in [-0.3, -0.25) is 10.1 Å². The molecule has 0 fully saturated rings. The van der Waals surface area contributed by atoms with E-state index in [1.807, 2.05) is 0 Å². The first-order valence-electron chi connectivity index (χ1n) is 6.55. The van der Waals surface area contributed by atoms with Crippen LogP contribution in [0.2, 0.25) is 0 Å². The molecule has 2 aromatic rings. The molecule has 3 rings (SSSR count). The molecule has 122 valence electrons. The number of benzene rings is 2. The van der Waals surface area contributed by atoms with Crippen LogP contribution < -0.4 is 0 Å². The highest BCUT2D eigenvalue weighted by molar-refractivity contribution is 8.25. The standard InChI is InChI=1S/C14H13NO6S2/c16-15(17)10-6-7-12-13(8-10)22(18,19)9-14(12)23(20,21)11-4-2-1-3-5-11/h1-8,14,18-19H,9H2/p-1. The fourth-order valence-corrected chi connectivity index (χ4v) is 7.00. The maximum Gasteiger partial charge on any atom is 0.271 e. The van der Waals surface area contributed by atoms with Gasteiger partial charge in [0.25, 0.3) is 5.69 Å². The Morgan fingerprint density at radius 3 is 2.43 bits per heavy atom. The Labute approximate surface area is 134 Å². The van der Waals surface area contributed by atoms with E-state index in [1.165, 1.54) is 18.2 Å². The Hall–Kier alpha value is -1.94. The lowest BCUT2D eigenvalue weighted by atomic mass is 10.1. The van der Waals surface area contributed by atoms with Gasteiger partial charge < -0.3 is 19.7 Å². The molecule has 0 saturated carbocycles. The smallest absolute Gasteiger partial charge is 0.271 e. The van der Waals surface area contributed by atoms with Crippen molar-refractivity contribution in [3.63, 3.8) is 0 Å². The SMILES string of the molecule is O=[N+]([O-])c1ccc2c(c1)S([O-])(O)CC2S(=O)(=O)c1ccccc1. The zero-order chi connectivity index (χ0) is 16.8. The van der Waals surface area contributed by atoms with Gasteiger partial charge in [0.05, 0.1) is 9.82 Å². The maximum absolute atomic E-state index is 12.7. The number of hydrogen-bond donors (Lipinski definition) is 1. The second-order valence-electron chi connectivity index (χ2n) is 5.13. The minimum atomic E-state index is -3.87. The van der Waals surface area contributed by atoms with Crippen LogP contribution in [0.4, 0.5) is 5.69 Å². The highest BCUT2D eigenvalue weighted by Gasteiger charge is 2.40. The summed E-state index contributed by atoms with van der Waals surface area (Å²) in [5.74, 6) is -0.499. The molecule has 0 bridgehead atoms. The van der Waals surface area contributed by atoms with E-state index < -0.39 is 36.4 Å². The molecular formula is C14H12NO6S2-. The molecule has 2 unspecified atom stereocenters. The van der Waals surface area contributed by atoms with Gasteiger partial charge in [0.15, 0.2) is 9.84 Å². The van der Waals surface area contributed by atoms with Crippen LogP contribution in [0, 0.1) is 10.1 Å². The minimum Gasteiger partial charge on any atom is -0.764 e. The van der Waals surface area contributed by atoms with E-state index >= 15 is 0 Å². The van der Waals surface area contributed by atoms with Gasteiger partial charge in [0.2, 0.25) is 0 Å². The third kappa shape index (κ3) is 2.61. The summed E-state index contributed by atoms with van der Waals surface area (Å²) in [6.45, 7) is 0. The largest absolute Gasteiger partial charge is 0.764 e. The molecule has 0 amide bonds. The number of hydrogen-bond acceptors (Lipinski definition) is 6. The maximum atomic E-state index is 12.7. The van der Waals surface area contributed by atoms with E-state index in [4.69, 9.17) is 0 Å². The molecule has 23 heavy (non-hydrogen) atoms. The van der Waals surface area contributed by atoms with Gasteiger partial charge in [0, 0.05) is 22.8 Å². The van der Waals surface area contributed by atoms with Crippen molar-refractivity contribution in [3.8, 4) is 0 Å². The normalized spacial score (nSPS) is 26.3. The fraction of sp³-hybridized carbons (Fsp3) is 0.143. The Balaban J connectivity index is 2.14. The van der Waals surface area contributed by atoms with Crippen molar-refractivity contribution in [3.05, 3.63) is 64.2 Å². The molecule has 0 aromatic heterocycles. The average Bonchev–Trinajstić information content (AvgIpc) is 2.80. The van der Waals surface area contributed by atoms with Crippen LogP contribution in [0.3, 0.4) is 0 Å². The summed E-state index contributed by atoms with van der Waals surface area (Å²) in [6.07, 6.45) is 0. The minimum absolute atomic E-state index is 0.0476. The monoisotopic (exact) mass is 354 g/mol. The molecule has 0 aliphatic carbocycles. The number of nitrogens with zero attached hydrogens (tertiary/aromatic N) is 1. The summed E-state index contributed by atoms with van der Waals surface area (Å²) in [6, 6.07) is 11.0. The van der Waals surface area contributed by atoms with Crippen molar-refractivity contribution < 1.29 is 22.4 Å². The Morgan fingerprint density at radius 2 is 1.83 bits per heavy atom. The van der Waals surface area contributed by atoms with Crippen LogP contribution >= 0.6 is 10.6 Å². The van der Waals surface area contributed by atoms with Crippen molar-refractivity contribution in [1.29, 1.82) is 0 Å². The highest BCUT2D eigenvalue weighted by Crippen LogP contribution is 2.61. The van der Waals surface area contributed by atoms with Crippen LogP contribution in [0.1, 0.15) is 10.8 Å². The molecule has 1 N–H and O–H groups in total. The van der Waals surface area contributed by atoms with Gasteiger partial charge in [0.1, 0.15) is 5.25 Å². The second-order valence-corrected chi connectivity index (χ2v) is 9.32. The first-order chi connectivity index (χ1) is 10.7. The van der Waals surface area contributed by atoms with Crippen LogP contribution in [-0.2, 0) is 9.84 Å². The summed E-state index contributed by atoms with van der Waals surface area (Å²) in [5, 5.41) is 9.63. The number of nitro benzene ring substituents is 1. The van der Waals surface area contributed by atoms with Gasteiger partial charge >= 0.3 is 0 Å². The lowest BCUT2D eigenvalue weighted by Gasteiger charge is -2.41. The van der Waals surface area contributed by atoms with Gasteiger partial charge in [-0.2, -0.15) is 0 Å². The molecule has 0 spiro atoms. The predicted octanol–water partition coefficient (Wildman–Crippen LogP) is 2.89. The first-order valence-corrected chi connectivity index (χ1v) is 9.78. The number of rotatable bonds is 3. The third-order valence-electron chi connectivity index (χ3n) is 3.72. The Morgan fingerprint density at radius 1 is 1.17 bits per heavy atom. The van der Waals surface area contributed by atoms with E-state index in [1.54, 1.807) is 18.2 Å². The molecule has 2 aromatic carbocycles. The lowest BCUT2D eigenvalue weighted by molar-refractivity contribution is -0.385. The molecule has 7 nitrogen and oxygen atoms in total. The van der Waals surface area contributed by atoms with Crippen molar-refractivity contribution in [2.45, 2.75) is 15.0 Å². The predicted molar refractivity (Wildman–Crippen MR) is 83.6 cm³/mol. The van der Waals surface area contributed by atoms with Gasteiger partial charge in [-0.05, 0) is 23.8 Å². The van der Waals surface area contributed by atoms with Gasteiger partial charge in [-0.1, -0.05) is 18.2 Å². The number of nitro groups is 1. The van der Waals surface area contributed by atoms with Gasteiger partial charge in [-0.25, -0.2) is 8.42 Å². The van der Waals surface area contributed by atoms with Crippen LogP contribution in [0.5, 0.6) is 0 Å². The van der Waals surface area contributed by atoms with Crippen molar-refractivity contribution in [1.82, 2.24) is 0 Å². The molecular weight excluding hydrogens is 342 g/mol. The van der Waals surface area contributed by atoms with Crippen molar-refractivity contribution in [2.24, 2.45) is 0 Å². The third-order valence-corrected chi connectivity index (χ3v) is 7.86. The summed E-state index contributed by atoms with van der Waals surface area (Å²) in [5.41, 5.74) is -0.199.